The van der Waals surface area contributed by atoms with Gasteiger partial charge in [-0.3, -0.25) is 9.79 Å². The highest BCUT2D eigenvalue weighted by Gasteiger charge is 2.27. The van der Waals surface area contributed by atoms with Crippen LogP contribution in [0.2, 0.25) is 0 Å². The van der Waals surface area contributed by atoms with E-state index < -0.39 is 0 Å². The smallest absolute Gasteiger partial charge is 0.166 e. The molecule has 4 nitrogen and oxygen atoms in total. The van der Waals surface area contributed by atoms with Crippen molar-refractivity contribution in [2.75, 3.05) is 18.0 Å². The van der Waals surface area contributed by atoms with Gasteiger partial charge in [-0.15, -0.1) is 0 Å². The molecular weight excluding hydrogens is 310 g/mol. The molecular formula is C21H25N3O. The van der Waals surface area contributed by atoms with Crippen molar-refractivity contribution in [3.8, 4) is 0 Å². The molecule has 1 aliphatic carbocycles. The molecule has 0 saturated carbocycles. The van der Waals surface area contributed by atoms with Crippen LogP contribution in [0.4, 0.5) is 11.5 Å². The number of carbonyl (C=O) groups excluding carboxylic acids is 1. The number of Topliss-reactive ketones (excluding diaryl/α,β-unsaturated/α-hetero) is 1. The number of rotatable bonds is 4. The van der Waals surface area contributed by atoms with Crippen molar-refractivity contribution in [3.05, 3.63) is 53.2 Å². The van der Waals surface area contributed by atoms with Gasteiger partial charge < -0.3 is 4.90 Å². The van der Waals surface area contributed by atoms with Crippen LogP contribution in [0, 0.1) is 12.8 Å². The molecule has 1 heterocycles. The Hall–Kier alpha value is -2.49. The number of benzene rings is 1. The number of aliphatic imine (C=N–C) groups is 1. The Morgan fingerprint density at radius 2 is 1.80 bits per heavy atom. The quantitative estimate of drug-likeness (QED) is 0.821. The van der Waals surface area contributed by atoms with Crippen molar-refractivity contribution in [3.63, 3.8) is 0 Å². The molecule has 0 N–H and O–H groups in total. The minimum Gasteiger partial charge on any atom is -0.357 e. The molecule has 0 fully saturated rings. The number of anilines is 1. The summed E-state index contributed by atoms with van der Waals surface area (Å²) in [7, 11) is 0. The van der Waals surface area contributed by atoms with E-state index in [1.165, 1.54) is 0 Å². The largest absolute Gasteiger partial charge is 0.357 e. The molecule has 0 aliphatic heterocycles. The van der Waals surface area contributed by atoms with Gasteiger partial charge in [-0.2, -0.15) is 0 Å². The first-order chi connectivity index (χ1) is 12.0. The Labute approximate surface area is 149 Å². The molecule has 0 saturated heterocycles. The topological polar surface area (TPSA) is 45.6 Å². The van der Waals surface area contributed by atoms with Gasteiger partial charge in [0, 0.05) is 42.3 Å². The van der Waals surface area contributed by atoms with Crippen LogP contribution in [0.5, 0.6) is 0 Å². The molecule has 25 heavy (non-hydrogen) atoms. The number of nitrogens with zero attached hydrogens (tertiary/aromatic N) is 3. The van der Waals surface area contributed by atoms with Gasteiger partial charge in [0.15, 0.2) is 5.78 Å². The Morgan fingerprint density at radius 3 is 2.44 bits per heavy atom. The molecule has 4 heteroatoms. The number of carbonyl (C=O) groups is 1. The summed E-state index contributed by atoms with van der Waals surface area (Å²) in [6.07, 6.45) is 0.674. The second kappa shape index (κ2) is 7.18. The lowest BCUT2D eigenvalue weighted by Crippen LogP contribution is -2.25. The zero-order chi connectivity index (χ0) is 18.0. The second-order valence-corrected chi connectivity index (χ2v) is 6.52. The Bertz CT molecular complexity index is 822. The number of hydrogen-bond acceptors (Lipinski definition) is 4. The lowest BCUT2D eigenvalue weighted by molar-refractivity contribution is 0.0929. The highest BCUT2D eigenvalue weighted by molar-refractivity contribution is 6.17. The molecule has 0 amide bonds. The van der Waals surface area contributed by atoms with Crippen molar-refractivity contribution in [1.82, 2.24) is 4.98 Å². The Balaban J connectivity index is 2.01. The van der Waals surface area contributed by atoms with Gasteiger partial charge in [0.1, 0.15) is 5.82 Å². The zero-order valence-electron chi connectivity index (χ0n) is 15.4. The molecule has 1 atom stereocenters. The first kappa shape index (κ1) is 17.3. The van der Waals surface area contributed by atoms with E-state index in [9.17, 15) is 4.79 Å². The molecule has 3 rings (SSSR count). The van der Waals surface area contributed by atoms with Crippen molar-refractivity contribution < 1.29 is 4.79 Å². The van der Waals surface area contributed by atoms with Gasteiger partial charge in [-0.1, -0.05) is 31.2 Å². The van der Waals surface area contributed by atoms with E-state index in [-0.39, 0.29) is 11.7 Å². The summed E-state index contributed by atoms with van der Waals surface area (Å²) in [5.74, 6) is 1.16. The summed E-state index contributed by atoms with van der Waals surface area (Å²) in [4.78, 5) is 24.2. The summed E-state index contributed by atoms with van der Waals surface area (Å²) in [5, 5.41) is 0. The summed E-state index contributed by atoms with van der Waals surface area (Å²) >= 11 is 0. The third-order valence-corrected chi connectivity index (χ3v) is 4.84. The fraction of sp³-hybridized carbons (Fsp3) is 0.381. The maximum atomic E-state index is 12.4. The summed E-state index contributed by atoms with van der Waals surface area (Å²) in [5.41, 5.74) is 4.51. The molecule has 1 aliphatic rings. The van der Waals surface area contributed by atoms with Crippen molar-refractivity contribution in [1.29, 1.82) is 0 Å². The van der Waals surface area contributed by atoms with Gasteiger partial charge in [0.25, 0.3) is 0 Å². The number of ketones is 1. The Kier molecular flexibility index (Phi) is 4.98. The molecule has 130 valence electrons. The molecule has 2 aromatic rings. The van der Waals surface area contributed by atoms with Gasteiger partial charge in [0.2, 0.25) is 0 Å². The van der Waals surface area contributed by atoms with Crippen LogP contribution in [0.25, 0.3) is 0 Å². The van der Waals surface area contributed by atoms with Crippen molar-refractivity contribution in [2.24, 2.45) is 10.9 Å². The number of aryl methyl sites for hydroxylation is 1. The van der Waals surface area contributed by atoms with Gasteiger partial charge in [-0.25, -0.2) is 4.98 Å². The van der Waals surface area contributed by atoms with E-state index in [0.717, 1.165) is 47.1 Å². The van der Waals surface area contributed by atoms with Gasteiger partial charge in [0.05, 0.1) is 11.4 Å². The molecule has 1 unspecified atom stereocenters. The average Bonchev–Trinajstić information content (AvgIpc) is 2.62. The van der Waals surface area contributed by atoms with E-state index in [4.69, 9.17) is 9.98 Å². The predicted octanol–water partition coefficient (Wildman–Crippen LogP) is 4.58. The third-order valence-electron chi connectivity index (χ3n) is 4.84. The summed E-state index contributed by atoms with van der Waals surface area (Å²) in [6, 6.07) is 11.8. The number of fused-ring (bicyclic) bond motifs is 1. The lowest BCUT2D eigenvalue weighted by Gasteiger charge is -2.23. The van der Waals surface area contributed by atoms with Crippen LogP contribution >= 0.6 is 0 Å². The summed E-state index contributed by atoms with van der Waals surface area (Å²) < 4.78 is 0. The minimum absolute atomic E-state index is 0.0307. The molecule has 0 spiro atoms. The SMILES string of the molecule is CCN(CC)c1ccc(N=C2CC(C)C(=O)c3ccccc32)c(C)n1. The van der Waals surface area contributed by atoms with Gasteiger partial charge >= 0.3 is 0 Å². The first-order valence-corrected chi connectivity index (χ1v) is 8.98. The molecule has 1 aromatic carbocycles. The highest BCUT2D eigenvalue weighted by Crippen LogP contribution is 2.29. The third kappa shape index (κ3) is 3.34. The van der Waals surface area contributed by atoms with E-state index >= 15 is 0 Å². The van der Waals surface area contributed by atoms with E-state index in [1.807, 2.05) is 50.2 Å². The molecule has 0 bridgehead atoms. The average molecular weight is 335 g/mol. The van der Waals surface area contributed by atoms with Crippen LogP contribution in [0.1, 0.15) is 48.8 Å². The highest BCUT2D eigenvalue weighted by atomic mass is 16.1. The number of aromatic nitrogens is 1. The Morgan fingerprint density at radius 1 is 1.12 bits per heavy atom. The normalized spacial score (nSPS) is 18.3. The van der Waals surface area contributed by atoms with Crippen LogP contribution in [-0.4, -0.2) is 29.6 Å². The van der Waals surface area contributed by atoms with Crippen LogP contribution in [0.15, 0.2) is 41.4 Å². The van der Waals surface area contributed by atoms with Crippen molar-refractivity contribution in [2.45, 2.75) is 34.1 Å². The second-order valence-electron chi connectivity index (χ2n) is 6.52. The van der Waals surface area contributed by atoms with E-state index in [0.29, 0.717) is 6.42 Å². The van der Waals surface area contributed by atoms with E-state index in [1.54, 1.807) is 0 Å². The maximum absolute atomic E-state index is 12.4. The number of pyridine rings is 1. The van der Waals surface area contributed by atoms with Crippen LogP contribution in [-0.2, 0) is 0 Å². The fourth-order valence-corrected chi connectivity index (χ4v) is 3.34. The van der Waals surface area contributed by atoms with Crippen molar-refractivity contribution >= 4 is 23.0 Å². The number of hydrogen-bond donors (Lipinski definition) is 0. The fourth-order valence-electron chi connectivity index (χ4n) is 3.34. The predicted molar refractivity (Wildman–Crippen MR) is 103 cm³/mol. The first-order valence-electron chi connectivity index (χ1n) is 8.98. The zero-order valence-corrected chi connectivity index (χ0v) is 15.4. The van der Waals surface area contributed by atoms with Gasteiger partial charge in [-0.05, 0) is 32.9 Å². The van der Waals surface area contributed by atoms with E-state index in [2.05, 4.69) is 18.7 Å². The summed E-state index contributed by atoms with van der Waals surface area (Å²) in [6.45, 7) is 10.1. The maximum Gasteiger partial charge on any atom is 0.166 e. The standard InChI is InChI=1S/C21H25N3O/c1-5-24(6-2)20-12-11-18(15(4)22-20)23-19-13-14(3)21(25)17-10-8-7-9-16(17)19/h7-12,14H,5-6,13H2,1-4H3. The lowest BCUT2D eigenvalue weighted by atomic mass is 9.82. The van der Waals surface area contributed by atoms with Crippen LogP contribution < -0.4 is 4.90 Å². The minimum atomic E-state index is -0.0307. The monoisotopic (exact) mass is 335 g/mol. The molecule has 1 aromatic heterocycles. The molecule has 0 radical (unpaired) electrons. The van der Waals surface area contributed by atoms with Crippen LogP contribution in [0.3, 0.4) is 0 Å².